The molecule has 0 spiro atoms. The van der Waals surface area contributed by atoms with Crippen LogP contribution in [0.1, 0.15) is 16.8 Å². The van der Waals surface area contributed by atoms with Crippen LogP contribution < -0.4 is 5.32 Å². The van der Waals surface area contributed by atoms with Crippen molar-refractivity contribution < 1.29 is 13.2 Å². The van der Waals surface area contributed by atoms with Gasteiger partial charge in [-0.25, -0.2) is 4.98 Å². The predicted molar refractivity (Wildman–Crippen MR) is 73.4 cm³/mol. The molecule has 3 nitrogen and oxygen atoms in total. The maximum atomic E-state index is 12.7. The average molecular weight is 312 g/mol. The third-order valence-corrected chi connectivity index (χ3v) is 3.00. The van der Waals surface area contributed by atoms with E-state index in [1.54, 1.807) is 24.3 Å². The summed E-state index contributed by atoms with van der Waals surface area (Å²) >= 11 is 6.01. The number of pyridine rings is 1. The predicted octanol–water partition coefficient (Wildman–Crippen LogP) is 4.68. The van der Waals surface area contributed by atoms with Crippen LogP contribution >= 0.6 is 11.6 Å². The number of aryl methyl sites for hydroxylation is 1. The van der Waals surface area contributed by atoms with Crippen molar-refractivity contribution in [1.29, 1.82) is 5.26 Å². The number of anilines is 2. The zero-order valence-electron chi connectivity index (χ0n) is 10.8. The lowest BCUT2D eigenvalue weighted by Gasteiger charge is -2.12. The van der Waals surface area contributed by atoms with Gasteiger partial charge in [0.05, 0.1) is 16.3 Å². The number of halogens is 4. The van der Waals surface area contributed by atoms with Crippen molar-refractivity contribution >= 4 is 23.1 Å². The van der Waals surface area contributed by atoms with E-state index >= 15 is 0 Å². The van der Waals surface area contributed by atoms with E-state index < -0.39 is 11.9 Å². The Hall–Kier alpha value is -2.26. The van der Waals surface area contributed by atoms with E-state index in [9.17, 15) is 13.2 Å². The highest BCUT2D eigenvalue weighted by Gasteiger charge is 2.33. The Morgan fingerprint density at radius 2 is 1.95 bits per heavy atom. The first kappa shape index (κ1) is 15.1. The first-order chi connectivity index (χ1) is 9.81. The topological polar surface area (TPSA) is 48.7 Å². The maximum absolute atomic E-state index is 12.7. The minimum atomic E-state index is -4.58. The average Bonchev–Trinajstić information content (AvgIpc) is 2.41. The Morgan fingerprint density at radius 1 is 1.24 bits per heavy atom. The lowest BCUT2D eigenvalue weighted by molar-refractivity contribution is -0.141. The number of nitriles is 1. The molecule has 0 aliphatic heterocycles. The monoisotopic (exact) mass is 311 g/mol. The van der Waals surface area contributed by atoms with E-state index in [-0.39, 0.29) is 11.4 Å². The SMILES string of the molecule is Cc1ccc(Nc2nc(C(F)(F)F)ccc2C#N)c(Cl)c1. The molecular weight excluding hydrogens is 303 g/mol. The second kappa shape index (κ2) is 5.62. The summed E-state index contributed by atoms with van der Waals surface area (Å²) in [6.07, 6.45) is -4.58. The molecule has 0 amide bonds. The quantitative estimate of drug-likeness (QED) is 0.876. The molecule has 1 N–H and O–H groups in total. The van der Waals surface area contributed by atoms with Crippen LogP contribution in [-0.2, 0) is 6.18 Å². The Bertz CT molecular complexity index is 720. The first-order valence-corrected chi connectivity index (χ1v) is 6.20. The number of nitrogens with one attached hydrogen (secondary N) is 1. The van der Waals surface area contributed by atoms with Crippen molar-refractivity contribution in [1.82, 2.24) is 4.98 Å². The van der Waals surface area contributed by atoms with Gasteiger partial charge in [-0.15, -0.1) is 0 Å². The number of aromatic nitrogens is 1. The summed E-state index contributed by atoms with van der Waals surface area (Å²) in [5, 5.41) is 12.0. The van der Waals surface area contributed by atoms with Crippen molar-refractivity contribution in [2.45, 2.75) is 13.1 Å². The Kier molecular flexibility index (Phi) is 4.05. The molecule has 1 aromatic heterocycles. The van der Waals surface area contributed by atoms with Crippen LogP contribution in [0.25, 0.3) is 0 Å². The van der Waals surface area contributed by atoms with Gasteiger partial charge in [0.15, 0.2) is 0 Å². The normalized spacial score (nSPS) is 11.0. The molecule has 2 aromatic rings. The van der Waals surface area contributed by atoms with Gasteiger partial charge in [-0.3, -0.25) is 0 Å². The standard InChI is InChI=1S/C14H9ClF3N3/c1-8-2-4-11(10(15)6-8)20-13-9(7-19)3-5-12(21-13)14(16,17)18/h2-6H,1H3,(H,20,21). The third kappa shape index (κ3) is 3.44. The first-order valence-electron chi connectivity index (χ1n) is 5.83. The number of hydrogen-bond acceptors (Lipinski definition) is 3. The largest absolute Gasteiger partial charge is 0.433 e. The number of alkyl halides is 3. The molecule has 0 aliphatic rings. The molecule has 1 aromatic carbocycles. The highest BCUT2D eigenvalue weighted by Crippen LogP contribution is 2.31. The lowest BCUT2D eigenvalue weighted by atomic mass is 10.2. The zero-order chi connectivity index (χ0) is 15.6. The Labute approximate surface area is 124 Å². The van der Waals surface area contributed by atoms with E-state index in [0.29, 0.717) is 10.7 Å². The van der Waals surface area contributed by atoms with Gasteiger partial charge in [-0.1, -0.05) is 17.7 Å². The fraction of sp³-hybridized carbons (Fsp3) is 0.143. The van der Waals surface area contributed by atoms with Crippen LogP contribution in [-0.4, -0.2) is 4.98 Å². The fourth-order valence-corrected chi connectivity index (χ4v) is 1.93. The van der Waals surface area contributed by atoms with Crippen molar-refractivity contribution in [3.05, 3.63) is 52.2 Å². The Balaban J connectivity index is 2.45. The van der Waals surface area contributed by atoms with Gasteiger partial charge < -0.3 is 5.32 Å². The molecular formula is C14H9ClF3N3. The number of rotatable bonds is 2. The van der Waals surface area contributed by atoms with Crippen LogP contribution in [0.5, 0.6) is 0 Å². The van der Waals surface area contributed by atoms with E-state index in [4.69, 9.17) is 16.9 Å². The summed E-state index contributed by atoms with van der Waals surface area (Å²) in [5.74, 6) is -0.182. The Morgan fingerprint density at radius 3 is 2.52 bits per heavy atom. The van der Waals surface area contributed by atoms with Gasteiger partial charge in [-0.05, 0) is 36.8 Å². The molecule has 0 radical (unpaired) electrons. The van der Waals surface area contributed by atoms with Crippen LogP contribution in [0, 0.1) is 18.3 Å². The van der Waals surface area contributed by atoms with Crippen molar-refractivity contribution in [3.8, 4) is 6.07 Å². The van der Waals surface area contributed by atoms with Crippen molar-refractivity contribution in [2.24, 2.45) is 0 Å². The van der Waals surface area contributed by atoms with Gasteiger partial charge in [0.1, 0.15) is 17.6 Å². The van der Waals surface area contributed by atoms with Gasteiger partial charge in [-0.2, -0.15) is 18.4 Å². The van der Waals surface area contributed by atoms with Crippen LogP contribution in [0.4, 0.5) is 24.7 Å². The molecule has 0 aliphatic carbocycles. The molecule has 0 atom stereocenters. The molecule has 0 saturated carbocycles. The molecule has 7 heteroatoms. The second-order valence-corrected chi connectivity index (χ2v) is 4.72. The molecule has 2 rings (SSSR count). The molecule has 21 heavy (non-hydrogen) atoms. The zero-order valence-corrected chi connectivity index (χ0v) is 11.5. The van der Waals surface area contributed by atoms with Crippen LogP contribution in [0.3, 0.4) is 0 Å². The third-order valence-electron chi connectivity index (χ3n) is 2.68. The van der Waals surface area contributed by atoms with Crippen molar-refractivity contribution in [2.75, 3.05) is 5.32 Å². The number of hydrogen-bond donors (Lipinski definition) is 1. The minimum absolute atomic E-state index is 0.000332. The molecule has 0 unspecified atom stereocenters. The number of benzene rings is 1. The maximum Gasteiger partial charge on any atom is 0.433 e. The van der Waals surface area contributed by atoms with Crippen molar-refractivity contribution in [3.63, 3.8) is 0 Å². The molecule has 108 valence electrons. The van der Waals surface area contributed by atoms with Gasteiger partial charge >= 0.3 is 6.18 Å². The summed E-state index contributed by atoms with van der Waals surface area (Å²) < 4.78 is 38.0. The van der Waals surface area contributed by atoms with Crippen LogP contribution in [0.2, 0.25) is 5.02 Å². The second-order valence-electron chi connectivity index (χ2n) is 4.31. The lowest BCUT2D eigenvalue weighted by Crippen LogP contribution is -2.10. The summed E-state index contributed by atoms with van der Waals surface area (Å²) in [5.41, 5.74) is 0.209. The molecule has 0 saturated heterocycles. The highest BCUT2D eigenvalue weighted by molar-refractivity contribution is 6.33. The molecule has 0 fully saturated rings. The van der Waals surface area contributed by atoms with Gasteiger partial charge in [0, 0.05) is 0 Å². The number of nitrogens with zero attached hydrogens (tertiary/aromatic N) is 2. The van der Waals surface area contributed by atoms with E-state index in [1.807, 2.05) is 6.92 Å². The fourth-order valence-electron chi connectivity index (χ4n) is 1.65. The smallest absolute Gasteiger partial charge is 0.338 e. The summed E-state index contributed by atoms with van der Waals surface area (Å²) in [6.45, 7) is 1.83. The van der Waals surface area contributed by atoms with Gasteiger partial charge in [0.2, 0.25) is 0 Å². The van der Waals surface area contributed by atoms with Gasteiger partial charge in [0.25, 0.3) is 0 Å². The van der Waals surface area contributed by atoms with E-state index in [0.717, 1.165) is 17.7 Å². The van der Waals surface area contributed by atoms with E-state index in [1.165, 1.54) is 0 Å². The summed E-state index contributed by atoms with van der Waals surface area (Å²) in [6, 6.07) is 8.64. The molecule has 0 bridgehead atoms. The minimum Gasteiger partial charge on any atom is -0.338 e. The van der Waals surface area contributed by atoms with E-state index in [2.05, 4.69) is 10.3 Å². The van der Waals surface area contributed by atoms with Crippen LogP contribution in [0.15, 0.2) is 30.3 Å². The highest BCUT2D eigenvalue weighted by atomic mass is 35.5. The summed E-state index contributed by atoms with van der Waals surface area (Å²) in [4.78, 5) is 3.46. The molecule has 1 heterocycles. The summed E-state index contributed by atoms with van der Waals surface area (Å²) in [7, 11) is 0.